The number of hydrogen-bond acceptors (Lipinski definition) is 1. The summed E-state index contributed by atoms with van der Waals surface area (Å²) in [5, 5.41) is 10.3. The zero-order valence-corrected chi connectivity index (χ0v) is 11.9. The van der Waals surface area contributed by atoms with Crippen LogP contribution in [0.3, 0.4) is 0 Å². The maximum atomic E-state index is 9.59. The number of halogens is 1. The Morgan fingerprint density at radius 2 is 1.74 bits per heavy atom. The van der Waals surface area contributed by atoms with E-state index in [1.54, 1.807) is 0 Å². The first-order valence-electron chi connectivity index (χ1n) is 6.67. The number of rotatable bonds is 5. The zero-order valence-electron chi connectivity index (χ0n) is 11.1. The Morgan fingerprint density at radius 1 is 1.05 bits per heavy atom. The molecular weight excluding hydrogens is 256 g/mol. The van der Waals surface area contributed by atoms with Gasteiger partial charge in [0.25, 0.3) is 0 Å². The molecule has 1 N–H and O–H groups in total. The molecule has 0 aromatic heterocycles. The van der Waals surface area contributed by atoms with Crippen molar-refractivity contribution in [2.24, 2.45) is 0 Å². The molecule has 19 heavy (non-hydrogen) atoms. The lowest BCUT2D eigenvalue weighted by molar-refractivity contribution is 0.264. The summed E-state index contributed by atoms with van der Waals surface area (Å²) >= 11 is 6.01. The van der Waals surface area contributed by atoms with Gasteiger partial charge in [0.1, 0.15) is 0 Å². The van der Waals surface area contributed by atoms with Crippen molar-refractivity contribution in [3.63, 3.8) is 0 Å². The molecule has 2 aromatic carbocycles. The van der Waals surface area contributed by atoms with Crippen molar-refractivity contribution in [2.75, 3.05) is 6.61 Å². The lowest BCUT2D eigenvalue weighted by Gasteiger charge is -2.15. The average molecular weight is 275 g/mol. The molecule has 2 aromatic rings. The molecule has 1 nitrogen and oxygen atoms in total. The SMILES string of the molecule is CCc1ccc(CC(CO)c2cccc(Cl)c2)cc1. The number of aryl methyl sites for hydroxylation is 1. The van der Waals surface area contributed by atoms with Crippen molar-refractivity contribution in [1.29, 1.82) is 0 Å². The van der Waals surface area contributed by atoms with Crippen LogP contribution in [0.25, 0.3) is 0 Å². The molecule has 0 amide bonds. The van der Waals surface area contributed by atoms with Gasteiger partial charge in [0.05, 0.1) is 6.61 Å². The van der Waals surface area contributed by atoms with Crippen molar-refractivity contribution < 1.29 is 5.11 Å². The summed E-state index contributed by atoms with van der Waals surface area (Å²) in [6, 6.07) is 16.3. The van der Waals surface area contributed by atoms with Gasteiger partial charge in [0.15, 0.2) is 0 Å². The van der Waals surface area contributed by atoms with Crippen molar-refractivity contribution in [1.82, 2.24) is 0 Å². The quantitative estimate of drug-likeness (QED) is 0.865. The van der Waals surface area contributed by atoms with Crippen molar-refractivity contribution in [3.05, 3.63) is 70.2 Å². The third-order valence-corrected chi connectivity index (χ3v) is 3.69. The summed E-state index contributed by atoms with van der Waals surface area (Å²) in [4.78, 5) is 0. The van der Waals surface area contributed by atoms with Crippen LogP contribution in [0.4, 0.5) is 0 Å². The molecule has 0 aliphatic carbocycles. The van der Waals surface area contributed by atoms with E-state index in [1.807, 2.05) is 24.3 Å². The minimum atomic E-state index is 0.103. The fourth-order valence-corrected chi connectivity index (χ4v) is 2.44. The Hall–Kier alpha value is -1.31. The molecule has 0 aliphatic heterocycles. The first-order chi connectivity index (χ1) is 9.22. The Morgan fingerprint density at radius 3 is 2.32 bits per heavy atom. The second-order valence-electron chi connectivity index (χ2n) is 4.81. The smallest absolute Gasteiger partial charge is 0.0502 e. The van der Waals surface area contributed by atoms with E-state index in [9.17, 15) is 5.11 Å². The van der Waals surface area contributed by atoms with Gasteiger partial charge in [-0.3, -0.25) is 0 Å². The zero-order chi connectivity index (χ0) is 13.7. The average Bonchev–Trinajstić information content (AvgIpc) is 2.45. The van der Waals surface area contributed by atoms with Crippen molar-refractivity contribution in [2.45, 2.75) is 25.7 Å². The van der Waals surface area contributed by atoms with Gasteiger partial charge in [0, 0.05) is 10.9 Å². The van der Waals surface area contributed by atoms with Crippen LogP contribution < -0.4 is 0 Å². The Kier molecular flexibility index (Phi) is 5.00. The lowest BCUT2D eigenvalue weighted by Crippen LogP contribution is -2.07. The highest BCUT2D eigenvalue weighted by atomic mass is 35.5. The molecule has 0 saturated heterocycles. The topological polar surface area (TPSA) is 20.2 Å². The molecule has 2 heteroatoms. The predicted molar refractivity (Wildman–Crippen MR) is 80.8 cm³/mol. The molecule has 0 saturated carbocycles. The maximum absolute atomic E-state index is 9.59. The second kappa shape index (κ2) is 6.74. The van der Waals surface area contributed by atoms with E-state index in [4.69, 9.17) is 11.6 Å². The molecule has 0 radical (unpaired) electrons. The van der Waals surface area contributed by atoms with Crippen molar-refractivity contribution >= 4 is 11.6 Å². The van der Waals surface area contributed by atoms with Gasteiger partial charge in [-0.2, -0.15) is 0 Å². The minimum absolute atomic E-state index is 0.103. The van der Waals surface area contributed by atoms with E-state index in [0.717, 1.165) is 23.4 Å². The largest absolute Gasteiger partial charge is 0.396 e. The van der Waals surface area contributed by atoms with Crippen LogP contribution in [-0.2, 0) is 12.8 Å². The monoisotopic (exact) mass is 274 g/mol. The van der Waals surface area contributed by atoms with Crippen LogP contribution in [0.1, 0.15) is 29.5 Å². The van der Waals surface area contributed by atoms with Crippen LogP contribution in [-0.4, -0.2) is 11.7 Å². The van der Waals surface area contributed by atoms with Crippen LogP contribution in [0.15, 0.2) is 48.5 Å². The van der Waals surface area contributed by atoms with Gasteiger partial charge in [-0.05, 0) is 41.7 Å². The van der Waals surface area contributed by atoms with Gasteiger partial charge in [0.2, 0.25) is 0 Å². The Bertz CT molecular complexity index is 519. The highest BCUT2D eigenvalue weighted by Crippen LogP contribution is 2.23. The highest BCUT2D eigenvalue weighted by molar-refractivity contribution is 6.30. The Labute approximate surface area is 119 Å². The van der Waals surface area contributed by atoms with Gasteiger partial charge >= 0.3 is 0 Å². The summed E-state index contributed by atoms with van der Waals surface area (Å²) < 4.78 is 0. The minimum Gasteiger partial charge on any atom is -0.396 e. The summed E-state index contributed by atoms with van der Waals surface area (Å²) in [7, 11) is 0. The van der Waals surface area contributed by atoms with E-state index in [0.29, 0.717) is 0 Å². The van der Waals surface area contributed by atoms with E-state index >= 15 is 0 Å². The van der Waals surface area contributed by atoms with E-state index < -0.39 is 0 Å². The molecule has 2 rings (SSSR count). The number of aliphatic hydroxyl groups is 1. The van der Waals surface area contributed by atoms with Crippen LogP contribution in [0.5, 0.6) is 0 Å². The number of hydrogen-bond donors (Lipinski definition) is 1. The molecule has 1 atom stereocenters. The maximum Gasteiger partial charge on any atom is 0.0502 e. The molecule has 0 spiro atoms. The first kappa shape index (κ1) is 14.1. The van der Waals surface area contributed by atoms with Gasteiger partial charge < -0.3 is 5.11 Å². The van der Waals surface area contributed by atoms with E-state index in [2.05, 4.69) is 31.2 Å². The molecule has 0 aliphatic rings. The summed E-state index contributed by atoms with van der Waals surface area (Å²) in [6.07, 6.45) is 1.89. The lowest BCUT2D eigenvalue weighted by atomic mass is 9.92. The predicted octanol–water partition coefficient (Wildman–Crippen LogP) is 4.22. The van der Waals surface area contributed by atoms with Gasteiger partial charge in [-0.15, -0.1) is 0 Å². The summed E-state index contributed by atoms with van der Waals surface area (Å²) in [5.74, 6) is 0.103. The molecule has 0 heterocycles. The standard InChI is InChI=1S/C17H19ClO/c1-2-13-6-8-14(9-7-13)10-16(12-19)15-4-3-5-17(18)11-15/h3-9,11,16,19H,2,10,12H2,1H3. The fraction of sp³-hybridized carbons (Fsp3) is 0.294. The first-order valence-corrected chi connectivity index (χ1v) is 7.05. The molecule has 0 bridgehead atoms. The van der Waals surface area contributed by atoms with Crippen molar-refractivity contribution in [3.8, 4) is 0 Å². The third-order valence-electron chi connectivity index (χ3n) is 3.45. The normalized spacial score (nSPS) is 12.4. The Balaban J connectivity index is 2.14. The fourth-order valence-electron chi connectivity index (χ4n) is 2.24. The second-order valence-corrected chi connectivity index (χ2v) is 5.25. The molecular formula is C17H19ClO. The van der Waals surface area contributed by atoms with Gasteiger partial charge in [-0.25, -0.2) is 0 Å². The molecule has 100 valence electrons. The van der Waals surface area contributed by atoms with E-state index in [1.165, 1.54) is 11.1 Å². The highest BCUT2D eigenvalue weighted by Gasteiger charge is 2.11. The van der Waals surface area contributed by atoms with Gasteiger partial charge in [-0.1, -0.05) is 54.9 Å². The third kappa shape index (κ3) is 3.82. The molecule has 1 unspecified atom stereocenters. The molecule has 0 fully saturated rings. The van der Waals surface area contributed by atoms with Crippen LogP contribution in [0.2, 0.25) is 5.02 Å². The summed E-state index contributed by atoms with van der Waals surface area (Å²) in [5.41, 5.74) is 3.68. The van der Waals surface area contributed by atoms with E-state index in [-0.39, 0.29) is 12.5 Å². The summed E-state index contributed by atoms with van der Waals surface area (Å²) in [6.45, 7) is 2.29. The number of benzene rings is 2. The van der Waals surface area contributed by atoms with Crippen LogP contribution >= 0.6 is 11.6 Å². The number of aliphatic hydroxyl groups excluding tert-OH is 1. The van der Waals surface area contributed by atoms with Crippen LogP contribution in [0, 0.1) is 0 Å².